The average molecular weight is 640 g/mol. The lowest BCUT2D eigenvalue weighted by atomic mass is 9.89. The monoisotopic (exact) mass is 639 g/mol. The van der Waals surface area contributed by atoms with Crippen LogP contribution >= 0.6 is 11.3 Å². The van der Waals surface area contributed by atoms with Crippen LogP contribution in [0.5, 0.6) is 0 Å². The number of non-ortho nitro benzene ring substituents is 1. The number of nitrogens with zero attached hydrogens (tertiary/aromatic N) is 3. The van der Waals surface area contributed by atoms with Crippen molar-refractivity contribution in [2.24, 2.45) is 0 Å². The molecular weight excluding hydrogens is 606 g/mol. The maximum atomic E-state index is 13.4. The number of nitro groups is 2. The smallest absolute Gasteiger partial charge is 0.296 e. The second-order valence-electron chi connectivity index (χ2n) is 11.6. The number of hydrogen-bond acceptors (Lipinski definition) is 8. The first-order chi connectivity index (χ1) is 20.7. The summed E-state index contributed by atoms with van der Waals surface area (Å²) in [7, 11) is -4.39. The molecule has 4 aromatic rings. The molecule has 1 saturated heterocycles. The number of carbonyl (C=O) groups excluding carboxylic acids is 1. The maximum absolute atomic E-state index is 13.4. The van der Waals surface area contributed by atoms with Gasteiger partial charge in [-0.1, -0.05) is 17.2 Å². The third-order valence-corrected chi connectivity index (χ3v) is 10.8. The number of fused-ring (bicyclic) bond motifs is 1. The molecule has 0 bridgehead atoms. The number of amides is 1. The molecule has 0 atom stereocenters. The van der Waals surface area contributed by atoms with E-state index in [9.17, 15) is 33.4 Å². The maximum Gasteiger partial charge on any atom is 0.296 e. The Hall–Kier alpha value is -4.14. The SMILES string of the molecule is Cc1cc(C)cc(-c2[nH]c3sc(C(C)(C)C(=O)N4CCCC4)cc3c2CCNS(=O)(=O)c2ccc([N+](=O)[O-])cc2[N+](=O)[O-])c1. The van der Waals surface area contributed by atoms with Gasteiger partial charge in [0.25, 0.3) is 11.4 Å². The number of nitrogens with one attached hydrogen (secondary N) is 2. The van der Waals surface area contributed by atoms with Crippen molar-refractivity contribution in [2.75, 3.05) is 19.6 Å². The summed E-state index contributed by atoms with van der Waals surface area (Å²) in [5, 5.41) is 23.6. The normalized spacial score (nSPS) is 14.0. The molecule has 2 N–H and O–H groups in total. The van der Waals surface area contributed by atoms with E-state index in [0.717, 1.165) is 81.1 Å². The fourth-order valence-electron chi connectivity index (χ4n) is 5.76. The van der Waals surface area contributed by atoms with Gasteiger partial charge < -0.3 is 9.88 Å². The largest absolute Gasteiger partial charge is 0.346 e. The molecule has 12 nitrogen and oxygen atoms in total. The van der Waals surface area contributed by atoms with Gasteiger partial charge in [0, 0.05) is 36.0 Å². The van der Waals surface area contributed by atoms with E-state index in [1.54, 1.807) is 0 Å². The number of hydrogen-bond donors (Lipinski definition) is 2. The van der Waals surface area contributed by atoms with E-state index in [2.05, 4.69) is 15.8 Å². The number of thiophene rings is 1. The number of H-pyrrole nitrogens is 1. The first kappa shape index (κ1) is 31.3. The highest BCUT2D eigenvalue weighted by Crippen LogP contribution is 2.41. The Morgan fingerprint density at radius 2 is 1.68 bits per heavy atom. The molecule has 1 amide bonds. The molecule has 0 saturated carbocycles. The van der Waals surface area contributed by atoms with Crippen molar-refractivity contribution in [1.29, 1.82) is 0 Å². The van der Waals surface area contributed by atoms with Gasteiger partial charge in [-0.15, -0.1) is 11.3 Å². The van der Waals surface area contributed by atoms with Crippen LogP contribution in [0.1, 0.15) is 48.3 Å². The lowest BCUT2D eigenvalue weighted by molar-refractivity contribution is -0.396. The second kappa shape index (κ2) is 11.7. The quantitative estimate of drug-likeness (QED) is 0.164. The molecule has 1 aliphatic heterocycles. The number of likely N-dealkylation sites (tertiary alicyclic amines) is 1. The number of sulfonamides is 1. The van der Waals surface area contributed by atoms with Gasteiger partial charge in [0.2, 0.25) is 15.9 Å². The lowest BCUT2D eigenvalue weighted by Crippen LogP contribution is -2.41. The number of aromatic amines is 1. The molecule has 1 fully saturated rings. The Kier molecular flexibility index (Phi) is 8.35. The Labute approximate surface area is 258 Å². The molecule has 232 valence electrons. The van der Waals surface area contributed by atoms with Crippen LogP contribution in [0.2, 0.25) is 0 Å². The first-order valence-electron chi connectivity index (χ1n) is 14.1. The number of rotatable bonds is 10. The molecule has 2 aromatic heterocycles. The predicted octanol–water partition coefficient (Wildman–Crippen LogP) is 5.75. The second-order valence-corrected chi connectivity index (χ2v) is 14.4. The third kappa shape index (κ3) is 5.97. The summed E-state index contributed by atoms with van der Waals surface area (Å²) in [6.07, 6.45) is 2.23. The van der Waals surface area contributed by atoms with Crippen LogP contribution in [-0.2, 0) is 26.7 Å². The fourth-order valence-corrected chi connectivity index (χ4v) is 8.13. The Morgan fingerprint density at radius 1 is 1.02 bits per heavy atom. The zero-order valence-electron chi connectivity index (χ0n) is 24.8. The molecule has 44 heavy (non-hydrogen) atoms. The zero-order chi connectivity index (χ0) is 32.0. The first-order valence-corrected chi connectivity index (χ1v) is 16.4. The minimum absolute atomic E-state index is 0.0763. The summed E-state index contributed by atoms with van der Waals surface area (Å²) in [6.45, 7) is 9.25. The van der Waals surface area contributed by atoms with Crippen LogP contribution in [-0.4, -0.2) is 53.7 Å². The number of aromatic nitrogens is 1. The minimum Gasteiger partial charge on any atom is -0.346 e. The highest BCUT2D eigenvalue weighted by molar-refractivity contribution is 7.89. The van der Waals surface area contributed by atoms with Crippen molar-refractivity contribution in [2.45, 2.75) is 57.3 Å². The molecule has 5 rings (SSSR count). The van der Waals surface area contributed by atoms with Crippen LogP contribution in [0.3, 0.4) is 0 Å². The highest BCUT2D eigenvalue weighted by Gasteiger charge is 2.37. The molecule has 3 heterocycles. The van der Waals surface area contributed by atoms with Crippen LogP contribution in [0.25, 0.3) is 21.5 Å². The molecule has 0 unspecified atom stereocenters. The Bertz CT molecular complexity index is 1880. The van der Waals surface area contributed by atoms with Crippen LogP contribution < -0.4 is 4.72 Å². The van der Waals surface area contributed by atoms with Gasteiger partial charge in [0.1, 0.15) is 4.83 Å². The van der Waals surface area contributed by atoms with E-state index in [1.165, 1.54) is 11.3 Å². The predicted molar refractivity (Wildman–Crippen MR) is 169 cm³/mol. The van der Waals surface area contributed by atoms with E-state index in [1.807, 2.05) is 50.8 Å². The van der Waals surface area contributed by atoms with Gasteiger partial charge in [-0.3, -0.25) is 25.0 Å². The zero-order valence-corrected chi connectivity index (χ0v) is 26.4. The number of benzene rings is 2. The molecule has 14 heteroatoms. The van der Waals surface area contributed by atoms with E-state index < -0.39 is 41.6 Å². The Balaban J connectivity index is 1.50. The van der Waals surface area contributed by atoms with Crippen molar-refractivity contribution in [3.05, 3.63) is 84.3 Å². The molecule has 2 aromatic carbocycles. The van der Waals surface area contributed by atoms with Crippen LogP contribution in [0.15, 0.2) is 47.4 Å². The summed E-state index contributed by atoms with van der Waals surface area (Å²) in [5.41, 5.74) is 2.53. The highest BCUT2D eigenvalue weighted by atomic mass is 32.2. The van der Waals surface area contributed by atoms with Crippen molar-refractivity contribution >= 4 is 48.9 Å². The van der Waals surface area contributed by atoms with E-state index >= 15 is 0 Å². The van der Waals surface area contributed by atoms with E-state index in [0.29, 0.717) is 6.07 Å². The van der Waals surface area contributed by atoms with Crippen LogP contribution in [0.4, 0.5) is 11.4 Å². The summed E-state index contributed by atoms with van der Waals surface area (Å²) in [4.78, 5) is 40.9. The molecule has 0 spiro atoms. The van der Waals surface area contributed by atoms with E-state index in [-0.39, 0.29) is 18.9 Å². The topological polar surface area (TPSA) is 169 Å². The number of carbonyl (C=O) groups is 1. The third-order valence-electron chi connectivity index (χ3n) is 7.96. The van der Waals surface area contributed by atoms with Crippen LogP contribution in [0, 0.1) is 34.1 Å². The summed E-state index contributed by atoms with van der Waals surface area (Å²) < 4.78 is 28.8. The standard InChI is InChI=1S/C30H33N5O7S2/c1-18-13-19(2)15-20(14-18)27-22(9-10-31-44(41,42)25-8-7-21(34(37)38)16-24(25)35(39)40)23-17-26(43-28(23)32-27)30(3,4)29(36)33-11-5-6-12-33/h7-8,13-17,31-32H,5-6,9-12H2,1-4H3. The fraction of sp³-hybridized carbons (Fsp3) is 0.367. The van der Waals surface area contributed by atoms with Gasteiger partial charge in [0.05, 0.1) is 27.0 Å². The number of aryl methyl sites for hydroxylation is 2. The van der Waals surface area contributed by atoms with Gasteiger partial charge >= 0.3 is 0 Å². The lowest BCUT2D eigenvalue weighted by Gasteiger charge is -2.28. The van der Waals surface area contributed by atoms with Crippen molar-refractivity contribution in [3.8, 4) is 11.3 Å². The van der Waals surface area contributed by atoms with Gasteiger partial charge in [0.15, 0.2) is 4.90 Å². The van der Waals surface area contributed by atoms with Gasteiger partial charge in [-0.2, -0.15) is 0 Å². The van der Waals surface area contributed by atoms with E-state index in [4.69, 9.17) is 0 Å². The summed E-state index contributed by atoms with van der Waals surface area (Å²) in [5.74, 6) is 0.0763. The van der Waals surface area contributed by atoms with Gasteiger partial charge in [-0.05, 0) is 82.3 Å². The van der Waals surface area contributed by atoms with Gasteiger partial charge in [-0.25, -0.2) is 13.1 Å². The van der Waals surface area contributed by atoms with Crippen molar-refractivity contribution in [3.63, 3.8) is 0 Å². The summed E-state index contributed by atoms with van der Waals surface area (Å²) >= 11 is 1.50. The Morgan fingerprint density at radius 3 is 2.30 bits per heavy atom. The minimum atomic E-state index is -4.39. The summed E-state index contributed by atoms with van der Waals surface area (Å²) in [6, 6.07) is 10.6. The molecule has 0 aliphatic carbocycles. The molecule has 0 radical (unpaired) electrons. The van der Waals surface area contributed by atoms with Crippen molar-refractivity contribution < 1.29 is 23.1 Å². The average Bonchev–Trinajstić information content (AvgIpc) is 3.69. The number of nitro benzene ring substituents is 2. The molecule has 1 aliphatic rings. The molecular formula is C30H33N5O7S2. The van der Waals surface area contributed by atoms with Crippen molar-refractivity contribution in [1.82, 2.24) is 14.6 Å².